The zero-order chi connectivity index (χ0) is 4.28. The molecule has 0 bridgehead atoms. The van der Waals surface area contributed by atoms with Crippen LogP contribution in [0.15, 0.2) is 0 Å². The van der Waals surface area contributed by atoms with Gasteiger partial charge in [0.1, 0.15) is 0 Å². The molecule has 0 heterocycles. The molecule has 0 unspecified atom stereocenters. The smallest absolute Gasteiger partial charge is 1.00 e. The van der Waals surface area contributed by atoms with Crippen molar-refractivity contribution in [2.75, 3.05) is 14.1 Å². The van der Waals surface area contributed by atoms with Crippen molar-refractivity contribution in [1.82, 2.24) is 4.90 Å². The Balaban J connectivity index is -0.0000000133. The van der Waals surface area contributed by atoms with E-state index in [9.17, 15) is 4.79 Å². The molecule has 0 aliphatic carbocycles. The summed E-state index contributed by atoms with van der Waals surface area (Å²) in [6.45, 7) is 0. The third-order valence-electron chi connectivity index (χ3n) is 0.211. The van der Waals surface area contributed by atoms with E-state index in [-0.39, 0.29) is 54.3 Å². The first-order chi connectivity index (χ1) is 2.27. The van der Waals surface area contributed by atoms with Crippen LogP contribution >= 0.6 is 0 Å². The summed E-state index contributed by atoms with van der Waals surface area (Å²) in [5, 5.41) is 0. The van der Waals surface area contributed by atoms with Crippen LogP contribution in [-0.4, -0.2) is 25.4 Å². The summed E-state index contributed by atoms with van der Waals surface area (Å²) in [6, 6.07) is 0. The minimum Gasteiger partial charge on any atom is -1.00 e. The Labute approximate surface area is 84.4 Å². The molecule has 9 heavy (non-hydrogen) atoms. The van der Waals surface area contributed by atoms with E-state index in [0.717, 1.165) is 6.41 Å². The van der Waals surface area contributed by atoms with E-state index in [0.29, 0.717) is 0 Å². The summed E-state index contributed by atoms with van der Waals surface area (Å²) < 4.78 is 0. The second-order valence-corrected chi connectivity index (χ2v) is 1.07. The largest absolute Gasteiger partial charge is 3.00 e. The fourth-order valence-corrected chi connectivity index (χ4v) is 0. The Kier molecular flexibility index (Phi) is 84.4. The van der Waals surface area contributed by atoms with Crippen molar-refractivity contribution in [3.63, 3.8) is 0 Å². The van der Waals surface area contributed by atoms with Crippen molar-refractivity contribution < 1.29 is 59.1 Å². The number of nitrogens with zero attached hydrogens (tertiary/aromatic N) is 1. The van der Waals surface area contributed by atoms with Gasteiger partial charge in [0.25, 0.3) is 0 Å². The number of hydrogen-bond donors (Lipinski definition) is 0. The minimum atomic E-state index is 0. The molecule has 0 aromatic rings. The first-order valence-corrected chi connectivity index (χ1v) is 1.39. The summed E-state index contributed by atoms with van der Waals surface area (Å²) in [5.74, 6) is 0. The van der Waals surface area contributed by atoms with Crippen molar-refractivity contribution in [3.05, 3.63) is 0 Å². The monoisotopic (exact) mass is 234 g/mol. The average molecular weight is 235 g/mol. The first kappa shape index (κ1) is 32.8. The SMILES string of the molecule is CN(C)C=O.[Cl-].[Cl-].[Cl-].[Fe+3]. The Hall–Kier alpha value is 0.859. The summed E-state index contributed by atoms with van der Waals surface area (Å²) in [6.07, 6.45) is 0.750. The molecular formula is C3H7Cl3FeNO. The zero-order valence-corrected chi connectivity index (χ0v) is 8.29. The molecular weight excluding hydrogens is 228 g/mol. The topological polar surface area (TPSA) is 20.3 Å². The van der Waals surface area contributed by atoms with E-state index < -0.39 is 0 Å². The quantitative estimate of drug-likeness (QED) is 0.326. The van der Waals surface area contributed by atoms with Crippen LogP contribution in [0.4, 0.5) is 0 Å². The first-order valence-electron chi connectivity index (χ1n) is 1.39. The summed E-state index contributed by atoms with van der Waals surface area (Å²) in [4.78, 5) is 10.9. The fourth-order valence-electron chi connectivity index (χ4n) is 0. The number of amides is 1. The molecule has 0 aromatic heterocycles. The molecule has 0 fully saturated rings. The van der Waals surface area contributed by atoms with E-state index in [1.807, 2.05) is 0 Å². The van der Waals surface area contributed by atoms with Crippen molar-refractivity contribution in [2.24, 2.45) is 0 Å². The van der Waals surface area contributed by atoms with E-state index in [4.69, 9.17) is 0 Å². The number of carbonyl (C=O) groups is 1. The van der Waals surface area contributed by atoms with Gasteiger partial charge in [-0.2, -0.15) is 0 Å². The van der Waals surface area contributed by atoms with Gasteiger partial charge in [-0.25, -0.2) is 0 Å². The van der Waals surface area contributed by atoms with Gasteiger partial charge in [-0.05, 0) is 0 Å². The van der Waals surface area contributed by atoms with E-state index in [2.05, 4.69) is 0 Å². The van der Waals surface area contributed by atoms with Gasteiger partial charge in [0.2, 0.25) is 6.41 Å². The van der Waals surface area contributed by atoms with Crippen LogP contribution in [0, 0.1) is 0 Å². The third kappa shape index (κ3) is 51.0. The average Bonchev–Trinajstić information content (AvgIpc) is 1.38. The van der Waals surface area contributed by atoms with Crippen LogP contribution < -0.4 is 37.2 Å². The van der Waals surface area contributed by atoms with Crippen LogP contribution in [0.1, 0.15) is 0 Å². The number of rotatable bonds is 1. The molecule has 2 nitrogen and oxygen atoms in total. The fraction of sp³-hybridized carbons (Fsp3) is 0.667. The number of carbonyl (C=O) groups excluding carboxylic acids is 1. The normalized spacial score (nSPS) is 3.78. The van der Waals surface area contributed by atoms with E-state index in [1.165, 1.54) is 4.90 Å². The minimum absolute atomic E-state index is 0. The van der Waals surface area contributed by atoms with Crippen molar-refractivity contribution in [3.8, 4) is 0 Å². The van der Waals surface area contributed by atoms with Gasteiger partial charge in [-0.1, -0.05) is 0 Å². The molecule has 0 aromatic carbocycles. The predicted octanol–water partition coefficient (Wildman–Crippen LogP) is -9.29. The Morgan fingerprint density at radius 1 is 1.11 bits per heavy atom. The van der Waals surface area contributed by atoms with E-state index in [1.54, 1.807) is 14.1 Å². The van der Waals surface area contributed by atoms with Crippen LogP contribution in [0.25, 0.3) is 0 Å². The molecule has 1 amide bonds. The molecule has 6 heteroatoms. The molecule has 0 saturated carbocycles. The maximum absolute atomic E-state index is 9.43. The molecule has 0 spiro atoms. The van der Waals surface area contributed by atoms with Crippen LogP contribution in [0.2, 0.25) is 0 Å². The van der Waals surface area contributed by atoms with Crippen molar-refractivity contribution in [2.45, 2.75) is 0 Å². The van der Waals surface area contributed by atoms with Gasteiger partial charge in [-0.15, -0.1) is 0 Å². The van der Waals surface area contributed by atoms with Gasteiger partial charge in [0, 0.05) is 14.1 Å². The molecule has 0 saturated heterocycles. The molecule has 0 rings (SSSR count). The van der Waals surface area contributed by atoms with Crippen LogP contribution in [0.3, 0.4) is 0 Å². The summed E-state index contributed by atoms with van der Waals surface area (Å²) in [7, 11) is 3.38. The van der Waals surface area contributed by atoms with Crippen molar-refractivity contribution in [1.29, 1.82) is 0 Å². The Morgan fingerprint density at radius 2 is 1.22 bits per heavy atom. The molecule has 0 N–H and O–H groups in total. The third-order valence-corrected chi connectivity index (χ3v) is 0.211. The Morgan fingerprint density at radius 3 is 1.22 bits per heavy atom. The maximum Gasteiger partial charge on any atom is 3.00 e. The van der Waals surface area contributed by atoms with Gasteiger partial charge in [-0.3, -0.25) is 4.79 Å². The maximum atomic E-state index is 9.43. The van der Waals surface area contributed by atoms with Gasteiger partial charge in [0.15, 0.2) is 0 Å². The van der Waals surface area contributed by atoms with Crippen LogP contribution in [0.5, 0.6) is 0 Å². The predicted molar refractivity (Wildman–Crippen MR) is 19.8 cm³/mol. The van der Waals surface area contributed by atoms with Gasteiger partial charge in [0.05, 0.1) is 0 Å². The van der Waals surface area contributed by atoms with Crippen molar-refractivity contribution >= 4 is 6.41 Å². The van der Waals surface area contributed by atoms with Crippen LogP contribution in [-0.2, 0) is 21.9 Å². The molecule has 1 radical (unpaired) electrons. The Bertz CT molecular complexity index is 46.0. The number of hydrogen-bond acceptors (Lipinski definition) is 1. The second-order valence-electron chi connectivity index (χ2n) is 1.07. The number of halogens is 3. The second kappa shape index (κ2) is 23.2. The molecule has 0 aliphatic heterocycles. The van der Waals surface area contributed by atoms with Gasteiger partial charge >= 0.3 is 17.1 Å². The van der Waals surface area contributed by atoms with Gasteiger partial charge < -0.3 is 42.1 Å². The summed E-state index contributed by atoms with van der Waals surface area (Å²) >= 11 is 0. The standard InChI is InChI=1S/C3H7NO.3ClH.Fe/c1-4(2)3-5;;;;/h3H,1-2H3;3*1H;/q;;;;+3/p-3. The molecule has 0 atom stereocenters. The van der Waals surface area contributed by atoms with E-state index >= 15 is 0 Å². The molecule has 0 aliphatic rings. The zero-order valence-electron chi connectivity index (χ0n) is 4.92. The molecule has 59 valence electrons. The summed E-state index contributed by atoms with van der Waals surface area (Å²) in [5.41, 5.74) is 0.